The number of amides is 5. The van der Waals surface area contributed by atoms with Crippen molar-refractivity contribution in [3.63, 3.8) is 0 Å². The number of imide groups is 1. The zero-order valence-corrected chi connectivity index (χ0v) is 21.8. The predicted octanol–water partition coefficient (Wildman–Crippen LogP) is 4.49. The van der Waals surface area contributed by atoms with E-state index in [0.717, 1.165) is 19.1 Å². The Bertz CT molecular complexity index is 1380. The van der Waals surface area contributed by atoms with Crippen molar-refractivity contribution in [2.45, 2.75) is 38.2 Å². The summed E-state index contributed by atoms with van der Waals surface area (Å²) in [5.74, 6) is -2.70. The minimum atomic E-state index is -4.81. The summed E-state index contributed by atoms with van der Waals surface area (Å²) in [6.07, 6.45) is -3.17. The molecule has 2 atom stereocenters. The monoisotopic (exact) mass is 562 g/mol. The van der Waals surface area contributed by atoms with Gasteiger partial charge in [-0.15, -0.1) is 0 Å². The van der Waals surface area contributed by atoms with E-state index < -0.39 is 54.6 Å². The Morgan fingerprint density at radius 3 is 2.42 bits per heavy atom. The third-order valence-electron chi connectivity index (χ3n) is 6.87. The predicted molar refractivity (Wildman–Crippen MR) is 135 cm³/mol. The number of hydrogen-bond donors (Lipinski definition) is 1. The second-order valence-electron chi connectivity index (χ2n) is 9.44. The highest BCUT2D eigenvalue weighted by Gasteiger charge is 2.57. The molecule has 5 amide bonds. The highest BCUT2D eigenvalue weighted by atomic mass is 19.4. The molecule has 40 heavy (non-hydrogen) atoms. The fourth-order valence-corrected chi connectivity index (χ4v) is 4.34. The number of halogens is 4. The van der Waals surface area contributed by atoms with Crippen molar-refractivity contribution in [3.8, 4) is 0 Å². The zero-order valence-electron chi connectivity index (χ0n) is 21.8. The maximum Gasteiger partial charge on any atom is 0.418 e. The summed E-state index contributed by atoms with van der Waals surface area (Å²) < 4.78 is 59.5. The molecule has 4 rings (SSSR count). The molecule has 2 aromatic rings. The number of nitrogens with zero attached hydrogens (tertiary/aromatic N) is 3. The average Bonchev–Trinajstić information content (AvgIpc) is 3.38. The molecule has 1 saturated heterocycles. The van der Waals surface area contributed by atoms with E-state index in [1.807, 2.05) is 0 Å². The standard InChI is InChI=1S/C27H26F4N4O5/c1-4-33(3)24(38)32-20-9-10-21-18(13-20)11-12-26(21)23(37)35(25(39)40-26)15-22(36)34(16(2)27(29,30)31)14-17-5-7-19(28)8-6-17/h5-13,16H,4,14-15H2,1-3H3,(H,32,38)/t16-,26+/m0/s1. The Morgan fingerprint density at radius 2 is 1.80 bits per heavy atom. The molecule has 1 fully saturated rings. The van der Waals surface area contributed by atoms with Gasteiger partial charge in [0.1, 0.15) is 18.4 Å². The number of hydrogen-bond acceptors (Lipinski definition) is 5. The number of alkyl halides is 3. The molecule has 1 N–H and O–H groups in total. The van der Waals surface area contributed by atoms with Gasteiger partial charge in [-0.3, -0.25) is 9.59 Å². The van der Waals surface area contributed by atoms with Crippen LogP contribution in [0.15, 0.2) is 48.5 Å². The molecule has 2 aliphatic rings. The van der Waals surface area contributed by atoms with Crippen LogP contribution in [-0.4, -0.2) is 71.0 Å². The summed E-state index contributed by atoms with van der Waals surface area (Å²) in [5.41, 5.74) is -0.512. The van der Waals surface area contributed by atoms with Crippen LogP contribution in [0.1, 0.15) is 30.5 Å². The van der Waals surface area contributed by atoms with Crippen LogP contribution in [0.5, 0.6) is 0 Å². The number of nitrogens with one attached hydrogen (secondary N) is 1. The van der Waals surface area contributed by atoms with Gasteiger partial charge in [0.05, 0.1) is 0 Å². The molecule has 1 aliphatic carbocycles. The van der Waals surface area contributed by atoms with E-state index in [1.165, 1.54) is 41.3 Å². The van der Waals surface area contributed by atoms with Gasteiger partial charge >= 0.3 is 18.3 Å². The van der Waals surface area contributed by atoms with Crippen LogP contribution in [-0.2, 0) is 26.5 Å². The lowest BCUT2D eigenvalue weighted by Gasteiger charge is -2.31. The summed E-state index contributed by atoms with van der Waals surface area (Å²) in [5, 5.41) is 2.70. The quantitative estimate of drug-likeness (QED) is 0.502. The second-order valence-corrected chi connectivity index (χ2v) is 9.44. The number of ether oxygens (including phenoxy) is 1. The van der Waals surface area contributed by atoms with Gasteiger partial charge < -0.3 is 19.9 Å². The summed E-state index contributed by atoms with van der Waals surface area (Å²) >= 11 is 0. The molecule has 2 aromatic carbocycles. The first kappa shape index (κ1) is 28.6. The van der Waals surface area contributed by atoms with Crippen molar-refractivity contribution in [3.05, 3.63) is 71.0 Å². The van der Waals surface area contributed by atoms with Gasteiger partial charge in [0.25, 0.3) is 5.91 Å². The number of anilines is 1. The number of carbonyl (C=O) groups excluding carboxylic acids is 4. The number of benzene rings is 2. The summed E-state index contributed by atoms with van der Waals surface area (Å²) in [4.78, 5) is 53.9. The fourth-order valence-electron chi connectivity index (χ4n) is 4.34. The van der Waals surface area contributed by atoms with E-state index in [2.05, 4.69) is 5.32 Å². The van der Waals surface area contributed by atoms with Gasteiger partial charge in [-0.1, -0.05) is 24.3 Å². The summed E-state index contributed by atoms with van der Waals surface area (Å²) in [6.45, 7) is 1.52. The Balaban J connectivity index is 1.55. The summed E-state index contributed by atoms with van der Waals surface area (Å²) in [7, 11) is 1.61. The van der Waals surface area contributed by atoms with Crippen LogP contribution in [0.25, 0.3) is 6.08 Å². The average molecular weight is 563 g/mol. The first-order valence-corrected chi connectivity index (χ1v) is 12.3. The van der Waals surface area contributed by atoms with Gasteiger partial charge in [-0.25, -0.2) is 18.9 Å². The van der Waals surface area contributed by atoms with Crippen LogP contribution in [0.2, 0.25) is 0 Å². The van der Waals surface area contributed by atoms with Crippen LogP contribution in [0.3, 0.4) is 0 Å². The number of urea groups is 1. The van der Waals surface area contributed by atoms with Gasteiger partial charge in [-0.2, -0.15) is 13.2 Å². The maximum absolute atomic E-state index is 13.6. The lowest BCUT2D eigenvalue weighted by molar-refractivity contribution is -0.187. The number of fused-ring (bicyclic) bond motifs is 2. The Kier molecular flexibility index (Phi) is 7.59. The molecular weight excluding hydrogens is 536 g/mol. The van der Waals surface area contributed by atoms with Gasteiger partial charge in [0.2, 0.25) is 11.5 Å². The number of carbonyl (C=O) groups is 4. The SMILES string of the molecule is CCN(C)C(=O)Nc1ccc2c(c1)C=C[C@@]21OC(=O)N(CC(=O)N(Cc2ccc(F)cc2)[C@@H](C)C(F)(F)F)C1=O. The molecule has 0 radical (unpaired) electrons. The van der Waals surface area contributed by atoms with Gasteiger partial charge in [0, 0.05) is 31.4 Å². The highest BCUT2D eigenvalue weighted by molar-refractivity contribution is 6.09. The smallest absolute Gasteiger partial charge is 0.418 e. The van der Waals surface area contributed by atoms with Crippen LogP contribution in [0, 0.1) is 5.82 Å². The number of rotatable bonds is 7. The molecule has 212 valence electrons. The van der Waals surface area contributed by atoms with Crippen molar-refractivity contribution in [1.29, 1.82) is 0 Å². The minimum absolute atomic E-state index is 0.221. The van der Waals surface area contributed by atoms with Crippen molar-refractivity contribution in [2.24, 2.45) is 0 Å². The van der Waals surface area contributed by atoms with Gasteiger partial charge in [-0.05, 0) is 55.3 Å². The molecule has 0 unspecified atom stereocenters. The molecule has 1 spiro atoms. The van der Waals surface area contributed by atoms with Crippen LogP contribution < -0.4 is 5.32 Å². The first-order chi connectivity index (χ1) is 18.8. The lowest BCUT2D eigenvalue weighted by atomic mass is 9.94. The summed E-state index contributed by atoms with van der Waals surface area (Å²) in [6, 6.07) is 6.52. The Labute approximate surface area is 227 Å². The zero-order chi connectivity index (χ0) is 29.4. The van der Waals surface area contributed by atoms with E-state index in [0.29, 0.717) is 27.6 Å². The van der Waals surface area contributed by atoms with E-state index in [9.17, 15) is 36.7 Å². The second kappa shape index (κ2) is 10.6. The molecule has 1 heterocycles. The Morgan fingerprint density at radius 1 is 1.12 bits per heavy atom. The molecule has 0 aromatic heterocycles. The van der Waals surface area contributed by atoms with E-state index in [1.54, 1.807) is 20.0 Å². The first-order valence-electron chi connectivity index (χ1n) is 12.3. The van der Waals surface area contributed by atoms with Gasteiger partial charge in [0.15, 0.2) is 0 Å². The van der Waals surface area contributed by atoms with Crippen LogP contribution >= 0.6 is 0 Å². The van der Waals surface area contributed by atoms with Crippen molar-refractivity contribution < 1.29 is 41.5 Å². The lowest BCUT2D eigenvalue weighted by Crippen LogP contribution is -2.51. The maximum atomic E-state index is 13.6. The third-order valence-corrected chi connectivity index (χ3v) is 6.87. The van der Waals surface area contributed by atoms with Crippen molar-refractivity contribution in [1.82, 2.24) is 14.7 Å². The molecular formula is C27H26F4N4O5. The normalized spacial score (nSPS) is 18.5. The molecule has 13 heteroatoms. The van der Waals surface area contributed by atoms with Crippen LogP contribution in [0.4, 0.5) is 32.8 Å². The molecule has 9 nitrogen and oxygen atoms in total. The van der Waals surface area contributed by atoms with Crippen molar-refractivity contribution in [2.75, 3.05) is 25.5 Å². The van der Waals surface area contributed by atoms with Crippen molar-refractivity contribution >= 4 is 35.7 Å². The van der Waals surface area contributed by atoms with E-state index >= 15 is 0 Å². The minimum Gasteiger partial charge on any atom is -0.423 e. The largest absolute Gasteiger partial charge is 0.423 e. The highest BCUT2D eigenvalue weighted by Crippen LogP contribution is 2.43. The van der Waals surface area contributed by atoms with E-state index in [4.69, 9.17) is 4.74 Å². The Hall–Kier alpha value is -4.42. The topological polar surface area (TPSA) is 99.3 Å². The fraction of sp³-hybridized carbons (Fsp3) is 0.333. The molecule has 1 aliphatic heterocycles. The molecule has 0 saturated carbocycles. The molecule has 0 bridgehead atoms. The third kappa shape index (κ3) is 5.36. The van der Waals surface area contributed by atoms with E-state index in [-0.39, 0.29) is 17.2 Å².